The van der Waals surface area contributed by atoms with E-state index in [4.69, 9.17) is 5.26 Å². The molecule has 0 fully saturated rings. The Morgan fingerprint density at radius 2 is 1.95 bits per heavy atom. The molecule has 0 aromatic heterocycles. The molecule has 0 saturated carbocycles. The molecule has 1 rings (SSSR count). The first kappa shape index (κ1) is 16.1. The van der Waals surface area contributed by atoms with Crippen LogP contribution < -0.4 is 0 Å². The summed E-state index contributed by atoms with van der Waals surface area (Å²) >= 11 is 0. The molecule has 5 nitrogen and oxygen atoms in total. The van der Waals surface area contributed by atoms with Crippen molar-refractivity contribution in [2.45, 2.75) is 26.7 Å². The number of hydrogen-bond acceptors (Lipinski definition) is 4. The molecule has 5 heteroatoms. The summed E-state index contributed by atoms with van der Waals surface area (Å²) in [5.41, 5.74) is 1.21. The first-order valence-electron chi connectivity index (χ1n) is 6.85. The van der Waals surface area contributed by atoms with Gasteiger partial charge in [0.05, 0.1) is 11.0 Å². The van der Waals surface area contributed by atoms with Crippen LogP contribution in [0.25, 0.3) is 0 Å². The zero-order valence-electron chi connectivity index (χ0n) is 12.1. The lowest BCUT2D eigenvalue weighted by atomic mass is 10.1. The summed E-state index contributed by atoms with van der Waals surface area (Å²) in [5, 5.41) is 19.3. The fourth-order valence-corrected chi connectivity index (χ4v) is 2.09. The Labute approximate surface area is 120 Å². The number of nitro benzene ring substituents is 1. The lowest BCUT2D eigenvalue weighted by molar-refractivity contribution is -0.384. The van der Waals surface area contributed by atoms with Crippen molar-refractivity contribution in [1.29, 1.82) is 5.26 Å². The molecule has 108 valence electrons. The van der Waals surface area contributed by atoms with Crippen LogP contribution in [-0.2, 0) is 6.42 Å². The Kier molecular flexibility index (Phi) is 6.68. The van der Waals surface area contributed by atoms with Gasteiger partial charge in [-0.05, 0) is 17.9 Å². The Bertz CT molecular complexity index is 463. The number of hydrogen-bond donors (Lipinski definition) is 0. The SMILES string of the molecule is CC(C)CN(CCC#N)CCc1ccc([N+](=O)[O-])cc1. The monoisotopic (exact) mass is 275 g/mol. The van der Waals surface area contributed by atoms with Crippen LogP contribution in [0, 0.1) is 27.4 Å². The summed E-state index contributed by atoms with van der Waals surface area (Å²) < 4.78 is 0. The van der Waals surface area contributed by atoms with Crippen molar-refractivity contribution >= 4 is 5.69 Å². The maximum absolute atomic E-state index is 10.6. The molecule has 0 spiro atoms. The van der Waals surface area contributed by atoms with Crippen molar-refractivity contribution in [1.82, 2.24) is 4.90 Å². The summed E-state index contributed by atoms with van der Waals surface area (Å²) in [6.45, 7) is 6.94. The number of rotatable bonds is 8. The lowest BCUT2D eigenvalue weighted by Crippen LogP contribution is -2.30. The van der Waals surface area contributed by atoms with E-state index in [1.54, 1.807) is 12.1 Å². The second-order valence-electron chi connectivity index (χ2n) is 5.28. The fraction of sp³-hybridized carbons (Fsp3) is 0.533. The molecule has 0 N–H and O–H groups in total. The normalized spacial score (nSPS) is 10.8. The minimum atomic E-state index is -0.387. The third kappa shape index (κ3) is 5.81. The number of benzene rings is 1. The number of nitrogens with zero attached hydrogens (tertiary/aromatic N) is 3. The van der Waals surface area contributed by atoms with Gasteiger partial charge in [-0.15, -0.1) is 0 Å². The van der Waals surface area contributed by atoms with Crippen LogP contribution in [0.1, 0.15) is 25.8 Å². The van der Waals surface area contributed by atoms with E-state index in [1.807, 2.05) is 0 Å². The van der Waals surface area contributed by atoms with Gasteiger partial charge in [0.1, 0.15) is 0 Å². The highest BCUT2D eigenvalue weighted by atomic mass is 16.6. The molecular formula is C15H21N3O2. The van der Waals surface area contributed by atoms with Crippen LogP contribution in [0.4, 0.5) is 5.69 Å². The van der Waals surface area contributed by atoms with Gasteiger partial charge in [0.15, 0.2) is 0 Å². The number of nitriles is 1. The summed E-state index contributed by atoms with van der Waals surface area (Å²) in [7, 11) is 0. The average Bonchev–Trinajstić information content (AvgIpc) is 2.41. The van der Waals surface area contributed by atoms with Gasteiger partial charge < -0.3 is 4.90 Å². The average molecular weight is 275 g/mol. The maximum Gasteiger partial charge on any atom is 0.269 e. The smallest absolute Gasteiger partial charge is 0.269 e. The molecule has 0 heterocycles. The predicted molar refractivity (Wildman–Crippen MR) is 78.3 cm³/mol. The highest BCUT2D eigenvalue weighted by Crippen LogP contribution is 2.13. The maximum atomic E-state index is 10.6. The van der Waals surface area contributed by atoms with Crippen molar-refractivity contribution < 1.29 is 4.92 Å². The third-order valence-corrected chi connectivity index (χ3v) is 3.03. The van der Waals surface area contributed by atoms with E-state index >= 15 is 0 Å². The Morgan fingerprint density at radius 3 is 2.45 bits per heavy atom. The molecule has 0 amide bonds. The summed E-state index contributed by atoms with van der Waals surface area (Å²) in [6, 6.07) is 8.85. The predicted octanol–water partition coefficient (Wildman–Crippen LogP) is 3.01. The zero-order valence-corrected chi connectivity index (χ0v) is 12.1. The van der Waals surface area contributed by atoms with E-state index in [1.165, 1.54) is 12.1 Å². The second kappa shape index (κ2) is 8.28. The molecule has 1 aromatic carbocycles. The van der Waals surface area contributed by atoms with E-state index in [9.17, 15) is 10.1 Å². The van der Waals surface area contributed by atoms with Crippen molar-refractivity contribution in [3.63, 3.8) is 0 Å². The minimum absolute atomic E-state index is 0.122. The van der Waals surface area contributed by atoms with Crippen LogP contribution in [0.5, 0.6) is 0 Å². The minimum Gasteiger partial charge on any atom is -0.302 e. The van der Waals surface area contributed by atoms with Gasteiger partial charge in [-0.25, -0.2) is 0 Å². The number of nitro groups is 1. The van der Waals surface area contributed by atoms with Crippen molar-refractivity contribution in [3.8, 4) is 6.07 Å². The molecule has 0 atom stereocenters. The van der Waals surface area contributed by atoms with E-state index < -0.39 is 0 Å². The van der Waals surface area contributed by atoms with Gasteiger partial charge in [-0.3, -0.25) is 10.1 Å². The largest absolute Gasteiger partial charge is 0.302 e. The van der Waals surface area contributed by atoms with Gasteiger partial charge in [0, 0.05) is 38.2 Å². The van der Waals surface area contributed by atoms with Gasteiger partial charge in [-0.1, -0.05) is 26.0 Å². The fourth-order valence-electron chi connectivity index (χ4n) is 2.09. The summed E-state index contributed by atoms with van der Waals surface area (Å²) in [5.74, 6) is 0.561. The Hall–Kier alpha value is -1.93. The first-order chi connectivity index (χ1) is 9.52. The van der Waals surface area contributed by atoms with Crippen LogP contribution in [-0.4, -0.2) is 29.5 Å². The van der Waals surface area contributed by atoms with Crippen molar-refractivity contribution in [3.05, 3.63) is 39.9 Å². The molecule has 0 bridgehead atoms. The van der Waals surface area contributed by atoms with Crippen LogP contribution in [0.15, 0.2) is 24.3 Å². The molecule has 0 unspecified atom stereocenters. The molecule has 0 radical (unpaired) electrons. The lowest BCUT2D eigenvalue weighted by Gasteiger charge is -2.23. The molecule has 0 aliphatic carbocycles. The van der Waals surface area contributed by atoms with Crippen molar-refractivity contribution in [2.75, 3.05) is 19.6 Å². The molecule has 0 aliphatic rings. The third-order valence-electron chi connectivity index (χ3n) is 3.03. The van der Waals surface area contributed by atoms with E-state index in [0.717, 1.165) is 31.6 Å². The molecule has 0 aliphatic heterocycles. The van der Waals surface area contributed by atoms with Gasteiger partial charge in [0.2, 0.25) is 0 Å². The highest BCUT2D eigenvalue weighted by molar-refractivity contribution is 5.32. The van der Waals surface area contributed by atoms with E-state index in [-0.39, 0.29) is 10.6 Å². The molecule has 20 heavy (non-hydrogen) atoms. The summed E-state index contributed by atoms with van der Waals surface area (Å²) in [4.78, 5) is 12.5. The van der Waals surface area contributed by atoms with Gasteiger partial charge in [0.25, 0.3) is 5.69 Å². The number of non-ortho nitro benzene ring substituents is 1. The molecular weight excluding hydrogens is 254 g/mol. The van der Waals surface area contributed by atoms with Gasteiger partial charge >= 0.3 is 0 Å². The van der Waals surface area contributed by atoms with E-state index in [0.29, 0.717) is 12.3 Å². The first-order valence-corrected chi connectivity index (χ1v) is 6.85. The molecule has 0 saturated heterocycles. The van der Waals surface area contributed by atoms with Crippen LogP contribution >= 0.6 is 0 Å². The standard InChI is InChI=1S/C15H21N3O2/c1-13(2)12-17(10-3-9-16)11-8-14-4-6-15(7-5-14)18(19)20/h4-7,13H,3,8,10-12H2,1-2H3. The Balaban J connectivity index is 2.53. The quantitative estimate of drug-likeness (QED) is 0.540. The highest BCUT2D eigenvalue weighted by Gasteiger charge is 2.08. The summed E-state index contributed by atoms with van der Waals surface area (Å²) in [6.07, 6.45) is 1.38. The van der Waals surface area contributed by atoms with Crippen LogP contribution in [0.3, 0.4) is 0 Å². The van der Waals surface area contributed by atoms with Gasteiger partial charge in [-0.2, -0.15) is 5.26 Å². The zero-order chi connectivity index (χ0) is 15.0. The molecule has 1 aromatic rings. The van der Waals surface area contributed by atoms with Crippen molar-refractivity contribution in [2.24, 2.45) is 5.92 Å². The van der Waals surface area contributed by atoms with E-state index in [2.05, 4.69) is 24.8 Å². The second-order valence-corrected chi connectivity index (χ2v) is 5.28. The topological polar surface area (TPSA) is 70.2 Å². The Morgan fingerprint density at radius 1 is 1.30 bits per heavy atom. The van der Waals surface area contributed by atoms with Crippen LogP contribution in [0.2, 0.25) is 0 Å².